The number of aromatic nitrogens is 2. The van der Waals surface area contributed by atoms with Crippen molar-refractivity contribution in [3.8, 4) is 11.5 Å². The van der Waals surface area contributed by atoms with Crippen molar-refractivity contribution in [3.63, 3.8) is 0 Å². The van der Waals surface area contributed by atoms with E-state index in [0.717, 1.165) is 11.3 Å². The summed E-state index contributed by atoms with van der Waals surface area (Å²) >= 11 is 0. The molecule has 122 valence electrons. The summed E-state index contributed by atoms with van der Waals surface area (Å²) in [6.07, 6.45) is 0. The first-order valence-corrected chi connectivity index (χ1v) is 7.47. The molecular formula is C18H17N3O3. The quantitative estimate of drug-likeness (QED) is 0.725. The smallest absolute Gasteiger partial charge is 0.337 e. The molecule has 6 heteroatoms. The second-order valence-corrected chi connectivity index (χ2v) is 5.29. The molecule has 0 bridgehead atoms. The number of nitrogens with one attached hydrogen (secondary N) is 1. The Morgan fingerprint density at radius 3 is 2.46 bits per heavy atom. The van der Waals surface area contributed by atoms with Gasteiger partial charge in [-0.05, 0) is 43.3 Å². The molecule has 1 aromatic heterocycles. The van der Waals surface area contributed by atoms with E-state index in [1.807, 2.05) is 31.2 Å². The van der Waals surface area contributed by atoms with Gasteiger partial charge in [0.2, 0.25) is 11.8 Å². The van der Waals surface area contributed by atoms with E-state index in [2.05, 4.69) is 20.3 Å². The van der Waals surface area contributed by atoms with Crippen molar-refractivity contribution in [3.05, 3.63) is 65.5 Å². The SMILES string of the molecule is COC(=O)c1ccc(NCc2nnc(-c3ccc(C)cc3)o2)cc1. The van der Waals surface area contributed by atoms with Crippen molar-refractivity contribution in [2.45, 2.75) is 13.5 Å². The lowest BCUT2D eigenvalue weighted by Gasteiger charge is -2.04. The Balaban J connectivity index is 1.63. The van der Waals surface area contributed by atoms with Gasteiger partial charge in [-0.2, -0.15) is 0 Å². The average Bonchev–Trinajstić information content (AvgIpc) is 3.09. The third kappa shape index (κ3) is 3.60. The Bertz CT molecular complexity index is 823. The van der Waals surface area contributed by atoms with Crippen LogP contribution in [0.4, 0.5) is 5.69 Å². The Labute approximate surface area is 139 Å². The topological polar surface area (TPSA) is 77.2 Å². The van der Waals surface area contributed by atoms with E-state index in [4.69, 9.17) is 4.42 Å². The van der Waals surface area contributed by atoms with Crippen LogP contribution < -0.4 is 5.32 Å². The van der Waals surface area contributed by atoms with E-state index in [1.54, 1.807) is 24.3 Å². The number of aryl methyl sites for hydroxylation is 1. The molecule has 0 amide bonds. The summed E-state index contributed by atoms with van der Waals surface area (Å²) in [5, 5.41) is 11.3. The summed E-state index contributed by atoms with van der Waals surface area (Å²) in [5.74, 6) is 0.622. The van der Waals surface area contributed by atoms with Crippen LogP contribution in [-0.4, -0.2) is 23.3 Å². The van der Waals surface area contributed by atoms with E-state index in [1.165, 1.54) is 12.7 Å². The van der Waals surface area contributed by atoms with Gasteiger partial charge in [-0.1, -0.05) is 17.7 Å². The van der Waals surface area contributed by atoms with Crippen molar-refractivity contribution in [1.82, 2.24) is 10.2 Å². The number of methoxy groups -OCH3 is 1. The number of nitrogens with zero attached hydrogens (tertiary/aromatic N) is 2. The molecule has 0 fully saturated rings. The van der Waals surface area contributed by atoms with Crippen molar-refractivity contribution in [2.24, 2.45) is 0 Å². The zero-order valence-electron chi connectivity index (χ0n) is 13.4. The zero-order valence-corrected chi connectivity index (χ0v) is 13.4. The molecule has 0 aliphatic heterocycles. The highest BCUT2D eigenvalue weighted by Crippen LogP contribution is 2.19. The number of carbonyl (C=O) groups excluding carboxylic acids is 1. The largest absolute Gasteiger partial charge is 0.465 e. The van der Waals surface area contributed by atoms with Crippen LogP contribution in [0.5, 0.6) is 0 Å². The van der Waals surface area contributed by atoms with Gasteiger partial charge in [-0.15, -0.1) is 10.2 Å². The van der Waals surface area contributed by atoms with Crippen molar-refractivity contribution < 1.29 is 13.9 Å². The van der Waals surface area contributed by atoms with E-state index in [0.29, 0.717) is 23.9 Å². The van der Waals surface area contributed by atoms with Gasteiger partial charge >= 0.3 is 5.97 Å². The average molecular weight is 323 g/mol. The minimum Gasteiger partial charge on any atom is -0.465 e. The summed E-state index contributed by atoms with van der Waals surface area (Å²) in [7, 11) is 1.36. The standard InChI is InChI=1S/C18H17N3O3/c1-12-3-5-13(6-4-12)17-21-20-16(24-17)11-19-15-9-7-14(8-10-15)18(22)23-2/h3-10,19H,11H2,1-2H3. The molecule has 0 aliphatic carbocycles. The zero-order chi connectivity index (χ0) is 16.9. The predicted molar refractivity (Wildman–Crippen MR) is 89.6 cm³/mol. The maximum Gasteiger partial charge on any atom is 0.337 e. The number of benzene rings is 2. The van der Waals surface area contributed by atoms with Crippen LogP contribution in [0.1, 0.15) is 21.8 Å². The van der Waals surface area contributed by atoms with Crippen LogP contribution >= 0.6 is 0 Å². The molecule has 0 aliphatic rings. The molecule has 24 heavy (non-hydrogen) atoms. The molecule has 3 aromatic rings. The molecule has 3 rings (SSSR count). The Morgan fingerprint density at radius 1 is 1.08 bits per heavy atom. The minimum atomic E-state index is -0.360. The Kier molecular flexibility index (Phi) is 4.56. The Hall–Kier alpha value is -3.15. The fourth-order valence-corrected chi connectivity index (χ4v) is 2.16. The van der Waals surface area contributed by atoms with Gasteiger partial charge in [0.25, 0.3) is 0 Å². The Morgan fingerprint density at radius 2 is 1.79 bits per heavy atom. The first-order valence-electron chi connectivity index (χ1n) is 7.47. The van der Waals surface area contributed by atoms with Crippen LogP contribution in [0.15, 0.2) is 52.9 Å². The van der Waals surface area contributed by atoms with E-state index < -0.39 is 0 Å². The molecule has 6 nitrogen and oxygen atoms in total. The maximum absolute atomic E-state index is 11.4. The molecule has 2 aromatic carbocycles. The van der Waals surface area contributed by atoms with Gasteiger partial charge in [0.05, 0.1) is 19.2 Å². The molecule has 1 heterocycles. The third-order valence-electron chi connectivity index (χ3n) is 3.52. The van der Waals surface area contributed by atoms with Crippen LogP contribution in [0.3, 0.4) is 0 Å². The van der Waals surface area contributed by atoms with Gasteiger partial charge in [-0.25, -0.2) is 4.79 Å². The lowest BCUT2D eigenvalue weighted by atomic mass is 10.1. The molecule has 0 spiro atoms. The summed E-state index contributed by atoms with van der Waals surface area (Å²) < 4.78 is 10.3. The molecule has 0 atom stereocenters. The van der Waals surface area contributed by atoms with Crippen molar-refractivity contribution >= 4 is 11.7 Å². The highest BCUT2D eigenvalue weighted by molar-refractivity contribution is 5.89. The van der Waals surface area contributed by atoms with Crippen molar-refractivity contribution in [2.75, 3.05) is 12.4 Å². The highest BCUT2D eigenvalue weighted by Gasteiger charge is 2.09. The number of hydrogen-bond donors (Lipinski definition) is 1. The molecule has 0 unspecified atom stereocenters. The first-order chi connectivity index (χ1) is 11.7. The number of esters is 1. The van der Waals surface area contributed by atoms with E-state index in [-0.39, 0.29) is 5.97 Å². The maximum atomic E-state index is 11.4. The normalized spacial score (nSPS) is 10.4. The second-order valence-electron chi connectivity index (χ2n) is 5.29. The number of hydrogen-bond acceptors (Lipinski definition) is 6. The van der Waals surface area contributed by atoms with Crippen molar-refractivity contribution in [1.29, 1.82) is 0 Å². The fourth-order valence-electron chi connectivity index (χ4n) is 2.16. The third-order valence-corrected chi connectivity index (χ3v) is 3.52. The van der Waals surface area contributed by atoms with Crippen LogP contribution in [-0.2, 0) is 11.3 Å². The fraction of sp³-hybridized carbons (Fsp3) is 0.167. The number of anilines is 1. The van der Waals surface area contributed by atoms with Gasteiger partial charge < -0.3 is 14.5 Å². The van der Waals surface area contributed by atoms with E-state index >= 15 is 0 Å². The van der Waals surface area contributed by atoms with Gasteiger partial charge in [0, 0.05) is 11.3 Å². The van der Waals surface area contributed by atoms with Crippen LogP contribution in [0, 0.1) is 6.92 Å². The predicted octanol–water partition coefficient (Wildman–Crippen LogP) is 3.44. The van der Waals surface area contributed by atoms with Gasteiger partial charge in [0.15, 0.2) is 0 Å². The lowest BCUT2D eigenvalue weighted by molar-refractivity contribution is 0.0601. The van der Waals surface area contributed by atoms with Crippen LogP contribution in [0.25, 0.3) is 11.5 Å². The minimum absolute atomic E-state index is 0.360. The lowest BCUT2D eigenvalue weighted by Crippen LogP contribution is -2.02. The summed E-state index contributed by atoms with van der Waals surface area (Å²) in [6.45, 7) is 2.43. The molecule has 0 radical (unpaired) electrons. The van der Waals surface area contributed by atoms with Gasteiger partial charge in [-0.3, -0.25) is 0 Å². The van der Waals surface area contributed by atoms with E-state index in [9.17, 15) is 4.79 Å². The monoisotopic (exact) mass is 323 g/mol. The highest BCUT2D eigenvalue weighted by atomic mass is 16.5. The second kappa shape index (κ2) is 6.95. The summed E-state index contributed by atoms with van der Waals surface area (Å²) in [6, 6.07) is 14.9. The molecular weight excluding hydrogens is 306 g/mol. The number of rotatable bonds is 5. The van der Waals surface area contributed by atoms with Crippen LogP contribution in [0.2, 0.25) is 0 Å². The summed E-state index contributed by atoms with van der Waals surface area (Å²) in [5.41, 5.74) is 3.41. The van der Waals surface area contributed by atoms with Gasteiger partial charge in [0.1, 0.15) is 0 Å². The summed E-state index contributed by atoms with van der Waals surface area (Å²) in [4.78, 5) is 11.4. The number of ether oxygens (including phenoxy) is 1. The first kappa shape index (κ1) is 15.7. The molecule has 0 saturated heterocycles. The number of carbonyl (C=O) groups is 1. The molecule has 0 saturated carbocycles. The molecule has 1 N–H and O–H groups in total.